The summed E-state index contributed by atoms with van der Waals surface area (Å²) in [5.41, 5.74) is 13.9. The third-order valence-corrected chi connectivity index (χ3v) is 11.6. The first-order valence-corrected chi connectivity index (χ1v) is 15.5. The fourth-order valence-corrected chi connectivity index (χ4v) is 9.96. The van der Waals surface area contributed by atoms with Gasteiger partial charge in [-0.25, -0.2) is 4.79 Å². The number of nitrogen functional groups attached to an aromatic ring is 2. The van der Waals surface area contributed by atoms with E-state index in [1.165, 1.54) is 64.2 Å². The van der Waals surface area contributed by atoms with E-state index in [-0.39, 0.29) is 12.1 Å². The fourth-order valence-electron chi connectivity index (χ4n) is 9.96. The Morgan fingerprint density at radius 3 is 2.38 bits per heavy atom. The summed E-state index contributed by atoms with van der Waals surface area (Å²) in [7, 11) is 0. The summed E-state index contributed by atoms with van der Waals surface area (Å²) in [6.45, 7) is 9.99. The second-order valence-corrected chi connectivity index (χ2v) is 14.2. The minimum atomic E-state index is -0.274. The normalized spacial score (nSPS) is 37.9. The highest BCUT2D eigenvalue weighted by Crippen LogP contribution is 2.65. The van der Waals surface area contributed by atoms with Crippen molar-refractivity contribution >= 4 is 17.3 Å². The van der Waals surface area contributed by atoms with Gasteiger partial charge in [-0.2, -0.15) is 0 Å². The summed E-state index contributed by atoms with van der Waals surface area (Å²) in [6, 6.07) is 5.03. The number of anilines is 2. The van der Waals surface area contributed by atoms with Gasteiger partial charge in [-0.3, -0.25) is 0 Å². The molecule has 4 heteroatoms. The quantitative estimate of drug-likeness (QED) is 0.288. The lowest BCUT2D eigenvalue weighted by molar-refractivity contribution is -0.0846. The average molecular weight is 509 g/mol. The number of hydrogen-bond donors (Lipinski definition) is 2. The number of hydrogen-bond acceptors (Lipinski definition) is 4. The lowest BCUT2D eigenvalue weighted by atomic mass is 9.49. The van der Waals surface area contributed by atoms with Gasteiger partial charge in [-0.1, -0.05) is 47.0 Å². The SMILES string of the molecule is CC(C)CCCC(C)C1CCC2C3CCC4CC(OC(=O)c5cc(N)cc(N)c5)CCC4C3CCC12C. The molecule has 1 aromatic rings. The standard InChI is InChI=1S/C33H52N2O2/c1-20(2)6-5-7-21(3)30-12-13-31-29-10-8-22-18-26(9-11-27(22)28(29)14-15-33(30,31)4)37-32(36)23-16-24(34)19-25(35)17-23/h16-17,19-22,26-31H,5-15,18,34-35H2,1-4H3. The monoisotopic (exact) mass is 508 g/mol. The maximum Gasteiger partial charge on any atom is 0.338 e. The number of rotatable bonds is 7. The highest BCUT2D eigenvalue weighted by molar-refractivity contribution is 5.91. The number of ether oxygens (including phenoxy) is 1. The Balaban J connectivity index is 1.18. The first kappa shape index (κ1) is 26.9. The zero-order valence-electron chi connectivity index (χ0n) is 23.9. The topological polar surface area (TPSA) is 78.3 Å². The number of carbonyl (C=O) groups excluding carboxylic acids is 1. The molecule has 4 aliphatic carbocycles. The molecule has 0 bridgehead atoms. The number of esters is 1. The van der Waals surface area contributed by atoms with Crippen LogP contribution in [0.5, 0.6) is 0 Å². The third-order valence-electron chi connectivity index (χ3n) is 11.6. The van der Waals surface area contributed by atoms with E-state index in [4.69, 9.17) is 16.2 Å². The Hall–Kier alpha value is -1.71. The van der Waals surface area contributed by atoms with Gasteiger partial charge in [-0.05, 0) is 129 Å². The Labute approximate surface area is 225 Å². The molecular formula is C33H52N2O2. The van der Waals surface area contributed by atoms with Crippen molar-refractivity contribution in [3.05, 3.63) is 23.8 Å². The van der Waals surface area contributed by atoms with Crippen LogP contribution in [0.15, 0.2) is 18.2 Å². The molecule has 0 aliphatic heterocycles. The van der Waals surface area contributed by atoms with Crippen LogP contribution in [0.3, 0.4) is 0 Å². The minimum absolute atomic E-state index is 0.0318. The van der Waals surface area contributed by atoms with Gasteiger partial charge in [0.1, 0.15) is 6.10 Å². The molecule has 4 saturated carbocycles. The van der Waals surface area contributed by atoms with Gasteiger partial charge in [0.2, 0.25) is 0 Å². The van der Waals surface area contributed by atoms with Crippen LogP contribution >= 0.6 is 0 Å². The third kappa shape index (κ3) is 5.41. The van der Waals surface area contributed by atoms with Crippen molar-refractivity contribution in [2.24, 2.45) is 52.8 Å². The Morgan fingerprint density at radius 1 is 0.919 bits per heavy atom. The second kappa shape index (κ2) is 10.8. The van der Waals surface area contributed by atoms with Gasteiger partial charge >= 0.3 is 5.97 Å². The Morgan fingerprint density at radius 2 is 1.65 bits per heavy atom. The van der Waals surface area contributed by atoms with Crippen molar-refractivity contribution in [2.75, 3.05) is 11.5 Å². The number of nitrogens with two attached hydrogens (primary N) is 2. The first-order chi connectivity index (χ1) is 17.7. The van der Waals surface area contributed by atoms with Crippen LogP contribution in [0.2, 0.25) is 0 Å². The minimum Gasteiger partial charge on any atom is -0.459 e. The molecule has 0 radical (unpaired) electrons. The van der Waals surface area contributed by atoms with E-state index in [9.17, 15) is 4.79 Å². The van der Waals surface area contributed by atoms with Crippen LogP contribution in [-0.4, -0.2) is 12.1 Å². The van der Waals surface area contributed by atoms with Gasteiger partial charge in [0.25, 0.3) is 0 Å². The number of fused-ring (bicyclic) bond motifs is 5. The lowest BCUT2D eigenvalue weighted by Crippen LogP contribution is -2.49. The van der Waals surface area contributed by atoms with E-state index in [0.29, 0.717) is 22.4 Å². The predicted molar refractivity (Wildman–Crippen MR) is 153 cm³/mol. The number of carbonyl (C=O) groups is 1. The molecule has 0 aromatic heterocycles. The summed E-state index contributed by atoms with van der Waals surface area (Å²) in [5, 5.41) is 0. The molecule has 4 nitrogen and oxygen atoms in total. The number of benzene rings is 1. The highest BCUT2D eigenvalue weighted by Gasteiger charge is 2.57. The van der Waals surface area contributed by atoms with Crippen LogP contribution in [-0.2, 0) is 4.74 Å². The summed E-state index contributed by atoms with van der Waals surface area (Å²) in [5.74, 6) is 6.69. The largest absolute Gasteiger partial charge is 0.459 e. The highest BCUT2D eigenvalue weighted by atomic mass is 16.5. The predicted octanol–water partition coefficient (Wildman–Crippen LogP) is 8.11. The molecule has 0 amide bonds. The summed E-state index contributed by atoms with van der Waals surface area (Å²) in [6.07, 6.45) is 16.0. The molecule has 4 fully saturated rings. The fraction of sp³-hybridized carbons (Fsp3) is 0.788. The molecule has 37 heavy (non-hydrogen) atoms. The molecule has 206 valence electrons. The summed E-state index contributed by atoms with van der Waals surface area (Å²) >= 11 is 0. The van der Waals surface area contributed by atoms with E-state index < -0.39 is 0 Å². The zero-order valence-corrected chi connectivity index (χ0v) is 23.9. The van der Waals surface area contributed by atoms with Crippen molar-refractivity contribution in [3.8, 4) is 0 Å². The molecule has 0 heterocycles. The summed E-state index contributed by atoms with van der Waals surface area (Å²) < 4.78 is 6.00. The van der Waals surface area contributed by atoms with Gasteiger partial charge in [0.15, 0.2) is 0 Å². The Kier molecular flexibility index (Phi) is 7.85. The second-order valence-electron chi connectivity index (χ2n) is 14.2. The Bertz CT molecular complexity index is 939. The van der Waals surface area contributed by atoms with Crippen molar-refractivity contribution in [3.63, 3.8) is 0 Å². The molecule has 9 unspecified atom stereocenters. The molecule has 0 saturated heterocycles. The van der Waals surface area contributed by atoms with E-state index in [1.54, 1.807) is 18.2 Å². The van der Waals surface area contributed by atoms with E-state index in [2.05, 4.69) is 27.7 Å². The van der Waals surface area contributed by atoms with Crippen molar-refractivity contribution in [1.29, 1.82) is 0 Å². The lowest BCUT2D eigenvalue weighted by Gasteiger charge is -2.56. The maximum absolute atomic E-state index is 12.8. The van der Waals surface area contributed by atoms with Gasteiger partial charge in [0, 0.05) is 11.4 Å². The average Bonchev–Trinajstić information content (AvgIpc) is 3.20. The van der Waals surface area contributed by atoms with Crippen molar-refractivity contribution in [2.45, 2.75) is 111 Å². The van der Waals surface area contributed by atoms with Gasteiger partial charge < -0.3 is 16.2 Å². The van der Waals surface area contributed by atoms with E-state index in [1.807, 2.05) is 0 Å². The smallest absolute Gasteiger partial charge is 0.338 e. The van der Waals surface area contributed by atoms with Gasteiger partial charge in [0.05, 0.1) is 5.56 Å². The molecule has 9 atom stereocenters. The van der Waals surface area contributed by atoms with Crippen molar-refractivity contribution < 1.29 is 9.53 Å². The van der Waals surface area contributed by atoms with Crippen LogP contribution in [0.25, 0.3) is 0 Å². The molecule has 4 aliphatic rings. The maximum atomic E-state index is 12.8. The van der Waals surface area contributed by atoms with Crippen LogP contribution in [0.4, 0.5) is 11.4 Å². The zero-order chi connectivity index (χ0) is 26.3. The van der Waals surface area contributed by atoms with E-state index >= 15 is 0 Å². The van der Waals surface area contributed by atoms with Crippen LogP contribution in [0.1, 0.15) is 115 Å². The van der Waals surface area contributed by atoms with E-state index in [0.717, 1.165) is 60.2 Å². The molecule has 1 aromatic carbocycles. The molecule has 4 N–H and O–H groups in total. The molecule has 5 rings (SSSR count). The molecule has 0 spiro atoms. The van der Waals surface area contributed by atoms with Gasteiger partial charge in [-0.15, -0.1) is 0 Å². The first-order valence-electron chi connectivity index (χ1n) is 15.5. The summed E-state index contributed by atoms with van der Waals surface area (Å²) in [4.78, 5) is 12.8. The van der Waals surface area contributed by atoms with Crippen molar-refractivity contribution in [1.82, 2.24) is 0 Å². The van der Waals surface area contributed by atoms with Crippen LogP contribution in [0, 0.1) is 52.8 Å². The van der Waals surface area contributed by atoms with Crippen LogP contribution < -0.4 is 11.5 Å². The molecular weight excluding hydrogens is 456 g/mol.